The summed E-state index contributed by atoms with van der Waals surface area (Å²) in [7, 11) is 0. The highest BCUT2D eigenvalue weighted by Gasteiger charge is 2.09. The topological polar surface area (TPSA) is 54.0 Å². The monoisotopic (exact) mass is 365 g/mol. The minimum absolute atomic E-state index is 0.179. The Hall–Kier alpha value is -2.66. The van der Waals surface area contributed by atoms with Crippen LogP contribution >= 0.6 is 11.3 Å². The Labute approximate surface area is 158 Å². The van der Waals surface area contributed by atoms with Crippen LogP contribution < -0.4 is 10.6 Å². The van der Waals surface area contributed by atoms with Crippen molar-refractivity contribution in [3.05, 3.63) is 86.9 Å². The Balaban J connectivity index is 1.50. The molecule has 0 fully saturated rings. The third-order valence-corrected chi connectivity index (χ3v) is 5.28. The summed E-state index contributed by atoms with van der Waals surface area (Å²) in [5, 5.41) is 6.67. The first-order chi connectivity index (χ1) is 12.6. The molecule has 2 aromatic carbocycles. The molecule has 5 heteroatoms. The number of carbonyl (C=O) groups excluding carboxylic acids is 1. The van der Waals surface area contributed by atoms with Crippen LogP contribution in [0.5, 0.6) is 0 Å². The lowest BCUT2D eigenvalue weighted by Crippen LogP contribution is -2.34. The Morgan fingerprint density at radius 1 is 0.923 bits per heavy atom. The summed E-state index contributed by atoms with van der Waals surface area (Å²) in [5.74, 6) is 0. The fourth-order valence-corrected chi connectivity index (χ4v) is 3.66. The van der Waals surface area contributed by atoms with Gasteiger partial charge in [-0.25, -0.2) is 9.78 Å². The summed E-state index contributed by atoms with van der Waals surface area (Å²) in [4.78, 5) is 17.8. The molecule has 0 unspecified atom stereocenters. The molecular weight excluding hydrogens is 342 g/mol. The van der Waals surface area contributed by atoms with Crippen LogP contribution in [0.1, 0.15) is 32.3 Å². The molecule has 0 spiro atoms. The van der Waals surface area contributed by atoms with Crippen molar-refractivity contribution in [1.29, 1.82) is 0 Å². The molecule has 0 atom stereocenters. The molecule has 0 bridgehead atoms. The van der Waals surface area contributed by atoms with Gasteiger partial charge in [-0.1, -0.05) is 60.2 Å². The number of hydrogen-bond acceptors (Lipinski definition) is 3. The first kappa shape index (κ1) is 18.1. The predicted octanol–water partition coefficient (Wildman–Crippen LogP) is 4.35. The molecular formula is C21H23N3OS. The molecule has 3 aromatic rings. The van der Waals surface area contributed by atoms with E-state index in [0.717, 1.165) is 22.7 Å². The van der Waals surface area contributed by atoms with Gasteiger partial charge < -0.3 is 10.6 Å². The van der Waals surface area contributed by atoms with Gasteiger partial charge in [0.2, 0.25) is 0 Å². The highest BCUT2D eigenvalue weighted by atomic mass is 32.1. The zero-order chi connectivity index (χ0) is 18.4. The van der Waals surface area contributed by atoms with E-state index in [1.165, 1.54) is 16.0 Å². The number of nitrogens with one attached hydrogen (secondary N) is 2. The molecule has 2 amide bonds. The first-order valence-corrected chi connectivity index (χ1v) is 9.48. The van der Waals surface area contributed by atoms with Gasteiger partial charge in [0.1, 0.15) is 5.01 Å². The molecule has 2 N–H and O–H groups in total. The van der Waals surface area contributed by atoms with Gasteiger partial charge in [0, 0.05) is 17.8 Å². The van der Waals surface area contributed by atoms with E-state index in [0.29, 0.717) is 13.1 Å². The number of aromatic nitrogens is 1. The van der Waals surface area contributed by atoms with Crippen LogP contribution in [0.2, 0.25) is 0 Å². The van der Waals surface area contributed by atoms with Gasteiger partial charge in [-0.3, -0.25) is 0 Å². The first-order valence-electron chi connectivity index (χ1n) is 8.66. The minimum Gasteiger partial charge on any atom is -0.334 e. The van der Waals surface area contributed by atoms with Gasteiger partial charge >= 0.3 is 6.03 Å². The summed E-state index contributed by atoms with van der Waals surface area (Å²) in [6.45, 7) is 5.08. The number of carbonyl (C=O) groups is 1. The number of amides is 2. The van der Waals surface area contributed by atoms with Crippen molar-refractivity contribution in [2.45, 2.75) is 33.4 Å². The maximum absolute atomic E-state index is 12.0. The van der Waals surface area contributed by atoms with E-state index < -0.39 is 0 Å². The zero-order valence-electron chi connectivity index (χ0n) is 15.1. The second-order valence-electron chi connectivity index (χ2n) is 6.30. The van der Waals surface area contributed by atoms with E-state index >= 15 is 0 Å². The SMILES string of the molecule is Cc1ccc(Cc2sc(CNC(=O)NCc3ccccc3)nc2C)cc1. The van der Waals surface area contributed by atoms with Gasteiger partial charge in [-0.15, -0.1) is 11.3 Å². The number of nitrogens with zero attached hydrogens (tertiary/aromatic N) is 1. The lowest BCUT2D eigenvalue weighted by atomic mass is 10.1. The summed E-state index contributed by atoms with van der Waals surface area (Å²) in [6, 6.07) is 18.3. The number of rotatable bonds is 6. The van der Waals surface area contributed by atoms with Crippen LogP contribution in [0, 0.1) is 13.8 Å². The lowest BCUT2D eigenvalue weighted by Gasteiger charge is -2.06. The van der Waals surface area contributed by atoms with Crippen LogP contribution in [-0.2, 0) is 19.5 Å². The van der Waals surface area contributed by atoms with Crippen molar-refractivity contribution in [3.8, 4) is 0 Å². The van der Waals surface area contributed by atoms with Gasteiger partial charge in [-0.2, -0.15) is 0 Å². The normalized spacial score (nSPS) is 10.5. The highest BCUT2D eigenvalue weighted by Crippen LogP contribution is 2.21. The Kier molecular flexibility index (Phi) is 6.02. The molecule has 0 saturated heterocycles. The standard InChI is InChI=1S/C21H23N3OS/c1-15-8-10-17(11-9-15)12-19-16(2)24-20(26-19)14-23-21(25)22-13-18-6-4-3-5-7-18/h3-11H,12-14H2,1-2H3,(H2,22,23,25). The number of thiazole rings is 1. The molecule has 0 aliphatic heterocycles. The number of benzene rings is 2. The molecule has 3 rings (SSSR count). The fraction of sp³-hybridized carbons (Fsp3) is 0.238. The average Bonchev–Trinajstić information content (AvgIpc) is 3.00. The van der Waals surface area contributed by atoms with Gasteiger partial charge in [0.15, 0.2) is 0 Å². The van der Waals surface area contributed by atoms with E-state index in [9.17, 15) is 4.79 Å². The van der Waals surface area contributed by atoms with Gasteiger partial charge in [0.25, 0.3) is 0 Å². The van der Waals surface area contributed by atoms with E-state index in [2.05, 4.69) is 46.8 Å². The zero-order valence-corrected chi connectivity index (χ0v) is 15.9. The molecule has 134 valence electrons. The average molecular weight is 366 g/mol. The number of hydrogen-bond donors (Lipinski definition) is 2. The molecule has 0 aliphatic rings. The molecule has 0 radical (unpaired) electrons. The Bertz CT molecular complexity index is 857. The summed E-state index contributed by atoms with van der Waals surface area (Å²) >= 11 is 1.66. The van der Waals surface area contributed by atoms with E-state index in [-0.39, 0.29) is 6.03 Å². The van der Waals surface area contributed by atoms with Crippen LogP contribution in [0.4, 0.5) is 4.79 Å². The van der Waals surface area contributed by atoms with Crippen LogP contribution in [0.15, 0.2) is 54.6 Å². The molecule has 26 heavy (non-hydrogen) atoms. The van der Waals surface area contributed by atoms with Crippen molar-refractivity contribution < 1.29 is 4.79 Å². The summed E-state index contributed by atoms with van der Waals surface area (Å²) < 4.78 is 0. The minimum atomic E-state index is -0.179. The van der Waals surface area contributed by atoms with Gasteiger partial charge in [0.05, 0.1) is 12.2 Å². The van der Waals surface area contributed by atoms with Crippen LogP contribution in [-0.4, -0.2) is 11.0 Å². The van der Waals surface area contributed by atoms with Crippen LogP contribution in [0.25, 0.3) is 0 Å². The molecule has 1 aromatic heterocycles. The van der Waals surface area contributed by atoms with Gasteiger partial charge in [-0.05, 0) is 25.0 Å². The predicted molar refractivity (Wildman–Crippen MR) is 106 cm³/mol. The summed E-state index contributed by atoms with van der Waals surface area (Å²) in [5.41, 5.74) is 4.66. The van der Waals surface area contributed by atoms with Crippen LogP contribution in [0.3, 0.4) is 0 Å². The van der Waals surface area contributed by atoms with Crippen molar-refractivity contribution in [2.75, 3.05) is 0 Å². The van der Waals surface area contributed by atoms with Crippen molar-refractivity contribution in [3.63, 3.8) is 0 Å². The van der Waals surface area contributed by atoms with E-state index in [1.807, 2.05) is 37.3 Å². The van der Waals surface area contributed by atoms with Crippen molar-refractivity contribution >= 4 is 17.4 Å². The Morgan fingerprint density at radius 2 is 1.62 bits per heavy atom. The summed E-state index contributed by atoms with van der Waals surface area (Å²) in [6.07, 6.45) is 0.879. The maximum atomic E-state index is 12.0. The number of urea groups is 1. The lowest BCUT2D eigenvalue weighted by molar-refractivity contribution is 0.240. The van der Waals surface area contributed by atoms with E-state index in [4.69, 9.17) is 0 Å². The second kappa shape index (κ2) is 8.63. The fourth-order valence-electron chi connectivity index (χ4n) is 2.62. The van der Waals surface area contributed by atoms with Crippen molar-refractivity contribution in [1.82, 2.24) is 15.6 Å². The van der Waals surface area contributed by atoms with E-state index in [1.54, 1.807) is 11.3 Å². The van der Waals surface area contributed by atoms with Crippen molar-refractivity contribution in [2.24, 2.45) is 0 Å². The third kappa shape index (κ3) is 5.17. The molecule has 1 heterocycles. The maximum Gasteiger partial charge on any atom is 0.315 e. The number of aryl methyl sites for hydroxylation is 2. The largest absolute Gasteiger partial charge is 0.334 e. The quantitative estimate of drug-likeness (QED) is 0.682. The smallest absolute Gasteiger partial charge is 0.315 e. The molecule has 4 nitrogen and oxygen atoms in total. The Morgan fingerprint density at radius 3 is 2.35 bits per heavy atom. The molecule has 0 saturated carbocycles. The third-order valence-electron chi connectivity index (χ3n) is 4.12. The highest BCUT2D eigenvalue weighted by molar-refractivity contribution is 7.11. The molecule has 0 aliphatic carbocycles. The second-order valence-corrected chi connectivity index (χ2v) is 7.47.